The lowest BCUT2D eigenvalue weighted by Gasteiger charge is -2.44. The molecule has 0 atom stereocenters. The van der Waals surface area contributed by atoms with Gasteiger partial charge in [0.25, 0.3) is 5.91 Å². The summed E-state index contributed by atoms with van der Waals surface area (Å²) in [5, 5.41) is 0. The third-order valence-corrected chi connectivity index (χ3v) is 7.47. The molecule has 0 N–H and O–H groups in total. The maximum atomic E-state index is 12.9. The van der Waals surface area contributed by atoms with Gasteiger partial charge in [-0.25, -0.2) is 4.98 Å². The van der Waals surface area contributed by atoms with E-state index < -0.39 is 0 Å². The summed E-state index contributed by atoms with van der Waals surface area (Å²) in [6.45, 7) is 4.43. The fraction of sp³-hybridized carbons (Fsp3) is 0.524. The van der Waals surface area contributed by atoms with E-state index >= 15 is 0 Å². The summed E-state index contributed by atoms with van der Waals surface area (Å²) in [5.74, 6) is 1.26. The fourth-order valence-electron chi connectivity index (χ4n) is 4.61. The van der Waals surface area contributed by atoms with Gasteiger partial charge in [0, 0.05) is 37.3 Å². The van der Waals surface area contributed by atoms with Crippen molar-refractivity contribution in [1.82, 2.24) is 9.88 Å². The number of anilines is 1. The van der Waals surface area contributed by atoms with Gasteiger partial charge < -0.3 is 14.5 Å². The molecule has 5 nitrogen and oxygen atoms in total. The first-order valence-electron chi connectivity index (χ1n) is 9.98. The molecule has 2 fully saturated rings. The van der Waals surface area contributed by atoms with Crippen LogP contribution in [0, 0.1) is 0 Å². The van der Waals surface area contributed by atoms with Gasteiger partial charge in [-0.15, -0.1) is 11.3 Å². The average Bonchev–Trinajstić information content (AvgIpc) is 3.40. The van der Waals surface area contributed by atoms with Crippen LogP contribution in [0.3, 0.4) is 0 Å². The van der Waals surface area contributed by atoms with E-state index in [2.05, 4.69) is 22.0 Å². The van der Waals surface area contributed by atoms with Crippen LogP contribution in [0.4, 0.5) is 5.82 Å². The fourth-order valence-corrected chi connectivity index (χ4v) is 5.99. The standard InChI is InChI=1S/C21H25N3O2S/c25-20(24-10-3-4-11-24)17-15-16-6-14-26-21(19(16)27-17)7-12-23(13-8-21)18-5-1-2-9-22-18/h1-2,5,9,15H,3-4,6-8,10-14H2. The number of rotatable bonds is 2. The minimum absolute atomic E-state index is 0.215. The molecule has 1 amide bonds. The van der Waals surface area contributed by atoms with E-state index in [1.807, 2.05) is 23.2 Å². The molecule has 2 aromatic rings. The molecule has 6 heteroatoms. The first-order chi connectivity index (χ1) is 13.3. The highest BCUT2D eigenvalue weighted by Gasteiger charge is 2.43. The Morgan fingerprint density at radius 2 is 1.96 bits per heavy atom. The van der Waals surface area contributed by atoms with Crippen LogP contribution < -0.4 is 4.90 Å². The first kappa shape index (κ1) is 17.2. The number of aromatic nitrogens is 1. The molecule has 142 valence electrons. The second-order valence-corrected chi connectivity index (χ2v) is 8.78. The summed E-state index contributed by atoms with van der Waals surface area (Å²) in [6, 6.07) is 8.21. The number of amides is 1. The van der Waals surface area contributed by atoms with Crippen molar-refractivity contribution in [2.75, 3.05) is 37.7 Å². The van der Waals surface area contributed by atoms with Gasteiger partial charge in [-0.3, -0.25) is 4.79 Å². The summed E-state index contributed by atoms with van der Waals surface area (Å²) >= 11 is 1.68. The monoisotopic (exact) mass is 383 g/mol. The average molecular weight is 384 g/mol. The largest absolute Gasteiger partial charge is 0.369 e. The van der Waals surface area contributed by atoms with Gasteiger partial charge in [-0.2, -0.15) is 0 Å². The van der Waals surface area contributed by atoms with Gasteiger partial charge in [0.2, 0.25) is 0 Å². The van der Waals surface area contributed by atoms with E-state index in [-0.39, 0.29) is 11.5 Å². The van der Waals surface area contributed by atoms with Crippen LogP contribution >= 0.6 is 11.3 Å². The maximum Gasteiger partial charge on any atom is 0.263 e. The number of fused-ring (bicyclic) bond motifs is 2. The quantitative estimate of drug-likeness (QED) is 0.797. The SMILES string of the molecule is O=C(c1cc2c(s1)C1(CCN(c3ccccn3)CC1)OCC2)N1CCCC1. The van der Waals surface area contributed by atoms with Gasteiger partial charge in [-0.1, -0.05) is 6.07 Å². The number of nitrogens with zero attached hydrogens (tertiary/aromatic N) is 3. The zero-order valence-corrected chi connectivity index (χ0v) is 16.3. The Balaban J connectivity index is 1.38. The Labute approximate surface area is 164 Å². The van der Waals surface area contributed by atoms with Gasteiger partial charge in [0.15, 0.2) is 0 Å². The molecular formula is C21H25N3O2S. The van der Waals surface area contributed by atoms with Crippen molar-refractivity contribution < 1.29 is 9.53 Å². The molecule has 3 aliphatic heterocycles. The highest BCUT2D eigenvalue weighted by Crippen LogP contribution is 2.46. The van der Waals surface area contributed by atoms with Crippen molar-refractivity contribution in [1.29, 1.82) is 0 Å². The molecule has 0 radical (unpaired) electrons. The maximum absolute atomic E-state index is 12.9. The number of carbonyl (C=O) groups excluding carboxylic acids is 1. The van der Waals surface area contributed by atoms with Gasteiger partial charge in [-0.05, 0) is 55.9 Å². The van der Waals surface area contributed by atoms with E-state index in [4.69, 9.17) is 4.74 Å². The minimum atomic E-state index is -0.215. The molecule has 2 aromatic heterocycles. The van der Waals surface area contributed by atoms with Crippen molar-refractivity contribution in [2.45, 2.75) is 37.7 Å². The van der Waals surface area contributed by atoms with Gasteiger partial charge in [0.05, 0.1) is 11.5 Å². The van der Waals surface area contributed by atoms with Crippen molar-refractivity contribution in [3.05, 3.63) is 45.8 Å². The predicted octanol–water partition coefficient (Wildman–Crippen LogP) is 3.45. The second kappa shape index (κ2) is 6.91. The number of thiophene rings is 1. The van der Waals surface area contributed by atoms with Crippen LogP contribution in [0.2, 0.25) is 0 Å². The molecular weight excluding hydrogens is 358 g/mol. The lowest BCUT2D eigenvalue weighted by Crippen LogP contribution is -2.46. The molecule has 0 unspecified atom stereocenters. The van der Waals surface area contributed by atoms with E-state index in [1.54, 1.807) is 11.3 Å². The molecule has 3 aliphatic rings. The zero-order chi connectivity index (χ0) is 18.3. The summed E-state index contributed by atoms with van der Waals surface area (Å²) in [7, 11) is 0. The number of hydrogen-bond donors (Lipinski definition) is 0. The van der Waals surface area contributed by atoms with Gasteiger partial charge >= 0.3 is 0 Å². The molecule has 0 aliphatic carbocycles. The Morgan fingerprint density at radius 3 is 2.70 bits per heavy atom. The van der Waals surface area contributed by atoms with Crippen LogP contribution in [-0.4, -0.2) is 48.6 Å². The summed E-state index contributed by atoms with van der Waals surface area (Å²) < 4.78 is 6.37. The number of ether oxygens (including phenoxy) is 1. The third kappa shape index (κ3) is 3.05. The molecule has 27 heavy (non-hydrogen) atoms. The Kier molecular flexibility index (Phi) is 4.40. The smallest absolute Gasteiger partial charge is 0.263 e. The number of likely N-dealkylation sites (tertiary alicyclic amines) is 1. The Bertz CT molecular complexity index is 821. The van der Waals surface area contributed by atoms with Crippen LogP contribution in [-0.2, 0) is 16.8 Å². The second-order valence-electron chi connectivity index (χ2n) is 7.73. The van der Waals surface area contributed by atoms with Crippen molar-refractivity contribution in [2.24, 2.45) is 0 Å². The number of carbonyl (C=O) groups is 1. The zero-order valence-electron chi connectivity index (χ0n) is 15.5. The minimum Gasteiger partial charge on any atom is -0.369 e. The Morgan fingerprint density at radius 1 is 1.15 bits per heavy atom. The number of hydrogen-bond acceptors (Lipinski definition) is 5. The van der Waals surface area contributed by atoms with E-state index in [0.29, 0.717) is 0 Å². The highest BCUT2D eigenvalue weighted by atomic mass is 32.1. The number of piperidine rings is 1. The van der Waals surface area contributed by atoms with Crippen molar-refractivity contribution >= 4 is 23.1 Å². The topological polar surface area (TPSA) is 45.7 Å². The van der Waals surface area contributed by atoms with E-state index in [0.717, 1.165) is 75.6 Å². The van der Waals surface area contributed by atoms with E-state index in [1.165, 1.54) is 10.4 Å². The third-order valence-electron chi connectivity index (χ3n) is 6.12. The van der Waals surface area contributed by atoms with Crippen LogP contribution in [0.15, 0.2) is 30.5 Å². The van der Waals surface area contributed by atoms with Crippen LogP contribution in [0.25, 0.3) is 0 Å². The predicted molar refractivity (Wildman–Crippen MR) is 106 cm³/mol. The summed E-state index contributed by atoms with van der Waals surface area (Å²) in [6.07, 6.45) is 6.94. The normalized spacial score (nSPS) is 21.5. The Hall–Kier alpha value is -1.92. The molecule has 5 rings (SSSR count). The molecule has 1 spiro atoms. The molecule has 2 saturated heterocycles. The van der Waals surface area contributed by atoms with Crippen LogP contribution in [0.1, 0.15) is 45.8 Å². The summed E-state index contributed by atoms with van der Waals surface area (Å²) in [4.78, 5) is 23.9. The molecule has 0 aromatic carbocycles. The van der Waals surface area contributed by atoms with Gasteiger partial charge in [0.1, 0.15) is 11.4 Å². The number of pyridine rings is 1. The highest BCUT2D eigenvalue weighted by molar-refractivity contribution is 7.14. The lowest BCUT2D eigenvalue weighted by molar-refractivity contribution is -0.0735. The van der Waals surface area contributed by atoms with Crippen molar-refractivity contribution in [3.63, 3.8) is 0 Å². The first-order valence-corrected chi connectivity index (χ1v) is 10.8. The molecule has 0 saturated carbocycles. The van der Waals surface area contributed by atoms with E-state index in [9.17, 15) is 4.79 Å². The van der Waals surface area contributed by atoms with Crippen LogP contribution in [0.5, 0.6) is 0 Å². The lowest BCUT2D eigenvalue weighted by atomic mass is 9.85. The van der Waals surface area contributed by atoms with Crippen molar-refractivity contribution in [3.8, 4) is 0 Å². The summed E-state index contributed by atoms with van der Waals surface area (Å²) in [5.41, 5.74) is 1.12. The molecule has 5 heterocycles. The molecule has 0 bridgehead atoms.